The number of fused-ring (bicyclic) bond motifs is 2. The second-order valence-corrected chi connectivity index (χ2v) is 8.01. The maximum atomic E-state index is 13.7. The first kappa shape index (κ1) is 20.3. The number of imidazole rings is 1. The highest BCUT2D eigenvalue weighted by Crippen LogP contribution is 2.26. The molecule has 1 aliphatic carbocycles. The molecule has 166 valence electrons. The Morgan fingerprint density at radius 3 is 2.62 bits per heavy atom. The predicted molar refractivity (Wildman–Crippen MR) is 113 cm³/mol. The van der Waals surface area contributed by atoms with Crippen LogP contribution in [-0.2, 0) is 0 Å². The molecule has 0 unspecified atom stereocenters. The van der Waals surface area contributed by atoms with Crippen molar-refractivity contribution in [3.63, 3.8) is 0 Å². The fourth-order valence-electron chi connectivity index (χ4n) is 4.30. The molecule has 1 saturated carbocycles. The van der Waals surface area contributed by atoms with Gasteiger partial charge in [-0.2, -0.15) is 9.49 Å². The molecule has 3 N–H and O–H groups in total. The lowest BCUT2D eigenvalue weighted by Crippen LogP contribution is -2.40. The monoisotopic (exact) mass is 442 g/mol. The van der Waals surface area contributed by atoms with Crippen LogP contribution in [0.1, 0.15) is 48.2 Å². The number of hydrogen-bond donors (Lipinski definition) is 3. The average molecular weight is 442 g/mol. The maximum absolute atomic E-state index is 13.7. The standard InChI is InChI=1S/C22H21F3N6O/c23-20(24)16-11-31-17(5-2-6-18(31)28-16)26-12-7-9-13(10-8-12)27-22(32)15-4-1-3-14-19(15)29-30-21(14)25/h1-6,11-13,20,26H,7-10H2,(H,27,32)(H,29,30). The summed E-state index contributed by atoms with van der Waals surface area (Å²) in [6, 6.07) is 10.3. The Labute approximate surface area is 181 Å². The average Bonchev–Trinajstić information content (AvgIpc) is 3.40. The van der Waals surface area contributed by atoms with Gasteiger partial charge in [0, 0.05) is 18.3 Å². The number of hydrogen-bond acceptors (Lipinski definition) is 4. The molecule has 10 heteroatoms. The van der Waals surface area contributed by atoms with E-state index >= 15 is 0 Å². The highest BCUT2D eigenvalue weighted by atomic mass is 19.3. The lowest BCUT2D eigenvalue weighted by molar-refractivity contribution is 0.0928. The minimum Gasteiger partial charge on any atom is -0.368 e. The number of carbonyl (C=O) groups excluding carboxylic acids is 1. The van der Waals surface area contributed by atoms with Gasteiger partial charge in [0.2, 0.25) is 5.95 Å². The molecule has 1 fully saturated rings. The molecule has 0 atom stereocenters. The Morgan fingerprint density at radius 1 is 1.09 bits per heavy atom. The predicted octanol–water partition coefficient (Wildman–Crippen LogP) is 4.44. The van der Waals surface area contributed by atoms with Gasteiger partial charge < -0.3 is 10.6 Å². The van der Waals surface area contributed by atoms with Gasteiger partial charge in [-0.15, -0.1) is 0 Å². The molecular weight excluding hydrogens is 421 g/mol. The highest BCUT2D eigenvalue weighted by molar-refractivity contribution is 6.05. The van der Waals surface area contributed by atoms with Crippen LogP contribution in [0.4, 0.5) is 19.0 Å². The van der Waals surface area contributed by atoms with E-state index in [1.807, 2.05) is 6.07 Å². The Balaban J connectivity index is 1.22. The number of pyridine rings is 1. The summed E-state index contributed by atoms with van der Waals surface area (Å²) in [6.07, 6.45) is 1.86. The number of alkyl halides is 2. The number of nitrogens with one attached hydrogen (secondary N) is 3. The van der Waals surface area contributed by atoms with Gasteiger partial charge in [-0.05, 0) is 49.9 Å². The molecule has 1 aliphatic rings. The lowest BCUT2D eigenvalue weighted by atomic mass is 9.91. The maximum Gasteiger partial charge on any atom is 0.281 e. The summed E-state index contributed by atoms with van der Waals surface area (Å²) < 4.78 is 41.3. The summed E-state index contributed by atoms with van der Waals surface area (Å²) in [7, 11) is 0. The van der Waals surface area contributed by atoms with E-state index in [9.17, 15) is 18.0 Å². The first-order chi connectivity index (χ1) is 15.5. The molecule has 3 heterocycles. The molecule has 0 radical (unpaired) electrons. The largest absolute Gasteiger partial charge is 0.368 e. The first-order valence-corrected chi connectivity index (χ1v) is 10.5. The number of halogens is 3. The van der Waals surface area contributed by atoms with Crippen LogP contribution in [0.2, 0.25) is 0 Å². The Morgan fingerprint density at radius 2 is 1.84 bits per heavy atom. The van der Waals surface area contributed by atoms with Crippen molar-refractivity contribution < 1.29 is 18.0 Å². The SMILES string of the molecule is O=C(NC1CCC(Nc2cccc3nc(C(F)F)cn23)CC1)c1cccc2c(F)[nH]nc12. The highest BCUT2D eigenvalue weighted by Gasteiger charge is 2.25. The zero-order valence-corrected chi connectivity index (χ0v) is 17.0. The minimum absolute atomic E-state index is 0.00549. The van der Waals surface area contributed by atoms with E-state index in [1.165, 1.54) is 6.20 Å². The van der Waals surface area contributed by atoms with Crippen LogP contribution in [0.5, 0.6) is 0 Å². The number of benzene rings is 1. The molecule has 5 rings (SSSR count). The van der Waals surface area contributed by atoms with Gasteiger partial charge in [-0.3, -0.25) is 14.3 Å². The fourth-order valence-corrected chi connectivity index (χ4v) is 4.30. The Bertz CT molecular complexity index is 1280. The summed E-state index contributed by atoms with van der Waals surface area (Å²) in [4.78, 5) is 16.7. The number of rotatable bonds is 5. The van der Waals surface area contributed by atoms with E-state index in [0.717, 1.165) is 25.7 Å². The van der Waals surface area contributed by atoms with E-state index in [-0.39, 0.29) is 29.1 Å². The number of anilines is 1. The summed E-state index contributed by atoms with van der Waals surface area (Å²) in [6.45, 7) is 0. The number of amides is 1. The lowest BCUT2D eigenvalue weighted by Gasteiger charge is -2.30. The zero-order chi connectivity index (χ0) is 22.2. The summed E-state index contributed by atoms with van der Waals surface area (Å²) >= 11 is 0. The van der Waals surface area contributed by atoms with E-state index < -0.39 is 12.4 Å². The van der Waals surface area contributed by atoms with Crippen molar-refractivity contribution >= 4 is 28.3 Å². The van der Waals surface area contributed by atoms with Crippen molar-refractivity contribution in [3.05, 3.63) is 59.8 Å². The quantitative estimate of drug-likeness (QED) is 0.427. The van der Waals surface area contributed by atoms with Crippen molar-refractivity contribution in [1.29, 1.82) is 0 Å². The fraction of sp³-hybridized carbons (Fsp3) is 0.318. The van der Waals surface area contributed by atoms with Crippen molar-refractivity contribution in [1.82, 2.24) is 24.9 Å². The van der Waals surface area contributed by atoms with Crippen LogP contribution < -0.4 is 10.6 Å². The number of nitrogens with zero attached hydrogens (tertiary/aromatic N) is 3. The van der Waals surface area contributed by atoms with Gasteiger partial charge in [-0.1, -0.05) is 12.1 Å². The smallest absolute Gasteiger partial charge is 0.281 e. The van der Waals surface area contributed by atoms with Crippen LogP contribution in [0.25, 0.3) is 16.6 Å². The van der Waals surface area contributed by atoms with E-state index in [1.54, 1.807) is 34.7 Å². The van der Waals surface area contributed by atoms with Crippen molar-refractivity contribution in [2.75, 3.05) is 5.32 Å². The molecule has 1 amide bonds. The van der Waals surface area contributed by atoms with Crippen LogP contribution >= 0.6 is 0 Å². The van der Waals surface area contributed by atoms with E-state index in [4.69, 9.17) is 0 Å². The number of carbonyl (C=O) groups is 1. The summed E-state index contributed by atoms with van der Waals surface area (Å²) in [5.74, 6) is -0.127. The second-order valence-electron chi connectivity index (χ2n) is 8.01. The molecule has 32 heavy (non-hydrogen) atoms. The van der Waals surface area contributed by atoms with Crippen LogP contribution in [0.15, 0.2) is 42.6 Å². The Kier molecular flexibility index (Phi) is 5.20. The minimum atomic E-state index is -2.62. The molecule has 1 aromatic carbocycles. The third-order valence-corrected chi connectivity index (χ3v) is 5.93. The van der Waals surface area contributed by atoms with Gasteiger partial charge in [-0.25, -0.2) is 13.8 Å². The van der Waals surface area contributed by atoms with Gasteiger partial charge in [0.25, 0.3) is 12.3 Å². The number of aromatic amines is 1. The second kappa shape index (κ2) is 8.18. The van der Waals surface area contributed by atoms with E-state index in [2.05, 4.69) is 25.8 Å². The molecule has 0 spiro atoms. The van der Waals surface area contributed by atoms with Crippen molar-refractivity contribution in [2.45, 2.75) is 44.2 Å². The van der Waals surface area contributed by atoms with E-state index in [0.29, 0.717) is 22.5 Å². The van der Waals surface area contributed by atoms with Gasteiger partial charge in [0.15, 0.2) is 0 Å². The molecule has 7 nitrogen and oxygen atoms in total. The third kappa shape index (κ3) is 3.76. The molecule has 3 aromatic heterocycles. The molecule has 0 bridgehead atoms. The normalized spacial score (nSPS) is 19.0. The first-order valence-electron chi connectivity index (χ1n) is 10.5. The Hall–Kier alpha value is -3.56. The van der Waals surface area contributed by atoms with Crippen LogP contribution in [-0.4, -0.2) is 37.6 Å². The van der Waals surface area contributed by atoms with Gasteiger partial charge in [0.1, 0.15) is 22.7 Å². The topological polar surface area (TPSA) is 87.1 Å². The molecule has 4 aromatic rings. The third-order valence-electron chi connectivity index (χ3n) is 5.93. The van der Waals surface area contributed by atoms with Crippen LogP contribution in [0, 0.1) is 5.95 Å². The van der Waals surface area contributed by atoms with Crippen molar-refractivity contribution in [3.8, 4) is 0 Å². The van der Waals surface area contributed by atoms with Gasteiger partial charge in [0.05, 0.1) is 10.9 Å². The number of H-pyrrole nitrogens is 1. The van der Waals surface area contributed by atoms with Gasteiger partial charge >= 0.3 is 0 Å². The summed E-state index contributed by atoms with van der Waals surface area (Å²) in [5.41, 5.74) is 0.867. The summed E-state index contributed by atoms with van der Waals surface area (Å²) in [5, 5.41) is 12.9. The number of aromatic nitrogens is 4. The molecule has 0 saturated heterocycles. The van der Waals surface area contributed by atoms with Crippen LogP contribution in [0.3, 0.4) is 0 Å². The number of para-hydroxylation sites is 1. The molecule has 0 aliphatic heterocycles. The zero-order valence-electron chi connectivity index (χ0n) is 17.0. The molecular formula is C22H21F3N6O. The van der Waals surface area contributed by atoms with Crippen molar-refractivity contribution in [2.24, 2.45) is 0 Å².